The average molecular weight is 460 g/mol. The van der Waals surface area contributed by atoms with E-state index in [2.05, 4.69) is 15.9 Å². The summed E-state index contributed by atoms with van der Waals surface area (Å²) in [7, 11) is 0. The van der Waals surface area contributed by atoms with Crippen LogP contribution in [0.1, 0.15) is 5.76 Å². The third-order valence-corrected chi connectivity index (χ3v) is 5.72. The summed E-state index contributed by atoms with van der Waals surface area (Å²) in [5.74, 6) is 0.537. The van der Waals surface area contributed by atoms with Gasteiger partial charge in [-0.15, -0.1) is 0 Å². The highest BCUT2D eigenvalue weighted by atomic mass is 79.9. The van der Waals surface area contributed by atoms with Crippen molar-refractivity contribution in [3.63, 3.8) is 0 Å². The van der Waals surface area contributed by atoms with Gasteiger partial charge in [0.2, 0.25) is 0 Å². The number of benzene rings is 2. The molecule has 1 fully saturated rings. The number of carbonyl (C=O) groups is 1. The zero-order chi connectivity index (χ0) is 19.0. The molecule has 1 saturated heterocycles. The topological polar surface area (TPSA) is 33.5 Å². The molecular formula is C20H11BrFNO2S2. The van der Waals surface area contributed by atoms with Gasteiger partial charge in [0.05, 0.1) is 10.6 Å². The molecular weight excluding hydrogens is 449 g/mol. The number of halogens is 2. The molecule has 0 spiro atoms. The lowest BCUT2D eigenvalue weighted by Crippen LogP contribution is -2.27. The summed E-state index contributed by atoms with van der Waals surface area (Å²) in [4.78, 5) is 14.5. The number of carbonyl (C=O) groups excluding carboxylic acids is 1. The van der Waals surface area contributed by atoms with Crippen molar-refractivity contribution in [2.45, 2.75) is 0 Å². The minimum absolute atomic E-state index is 0.294. The fourth-order valence-electron chi connectivity index (χ4n) is 2.63. The quantitative estimate of drug-likeness (QED) is 0.342. The average Bonchev–Trinajstić information content (AvgIpc) is 3.21. The van der Waals surface area contributed by atoms with E-state index >= 15 is 0 Å². The fraction of sp³-hybridized carbons (Fsp3) is 0. The maximum Gasteiger partial charge on any atom is 0.270 e. The lowest BCUT2D eigenvalue weighted by atomic mass is 10.2. The number of furan rings is 1. The first kappa shape index (κ1) is 18.2. The Bertz CT molecular complexity index is 1080. The van der Waals surface area contributed by atoms with Gasteiger partial charge in [0.25, 0.3) is 5.91 Å². The van der Waals surface area contributed by atoms with E-state index in [1.165, 1.54) is 17.0 Å². The number of rotatable bonds is 3. The van der Waals surface area contributed by atoms with Crippen LogP contribution in [0.15, 0.2) is 74.5 Å². The normalized spacial score (nSPS) is 15.8. The first-order valence-corrected chi connectivity index (χ1v) is 9.92. The van der Waals surface area contributed by atoms with Crippen LogP contribution in [0.4, 0.5) is 10.1 Å². The molecule has 0 saturated carbocycles. The monoisotopic (exact) mass is 459 g/mol. The van der Waals surface area contributed by atoms with Crippen molar-refractivity contribution in [2.75, 3.05) is 4.90 Å². The number of nitrogens with zero attached hydrogens (tertiary/aromatic N) is 1. The van der Waals surface area contributed by atoms with E-state index in [9.17, 15) is 9.18 Å². The number of anilines is 1. The molecule has 2 aromatic carbocycles. The van der Waals surface area contributed by atoms with E-state index in [0.29, 0.717) is 26.4 Å². The fourth-order valence-corrected chi connectivity index (χ4v) is 4.18. The molecule has 3 aromatic rings. The van der Waals surface area contributed by atoms with E-state index in [1.807, 2.05) is 30.3 Å². The highest BCUT2D eigenvalue weighted by Crippen LogP contribution is 2.36. The van der Waals surface area contributed by atoms with Crippen molar-refractivity contribution in [2.24, 2.45) is 0 Å². The van der Waals surface area contributed by atoms with Gasteiger partial charge >= 0.3 is 0 Å². The molecule has 1 amide bonds. The zero-order valence-corrected chi connectivity index (χ0v) is 16.9. The Morgan fingerprint density at radius 2 is 1.89 bits per heavy atom. The molecule has 7 heteroatoms. The lowest BCUT2D eigenvalue weighted by molar-refractivity contribution is -0.113. The molecule has 4 rings (SSSR count). The Kier molecular flexibility index (Phi) is 4.99. The largest absolute Gasteiger partial charge is 0.457 e. The first-order chi connectivity index (χ1) is 13.0. The second-order valence-corrected chi connectivity index (χ2v) is 8.30. The second-order valence-electron chi connectivity index (χ2n) is 5.71. The lowest BCUT2D eigenvalue weighted by Gasteiger charge is -2.14. The van der Waals surface area contributed by atoms with E-state index in [0.717, 1.165) is 21.8 Å². The Hall–Kier alpha value is -2.22. The van der Waals surface area contributed by atoms with Crippen molar-refractivity contribution in [1.29, 1.82) is 0 Å². The summed E-state index contributed by atoms with van der Waals surface area (Å²) < 4.78 is 20.7. The summed E-state index contributed by atoms with van der Waals surface area (Å²) in [5, 5.41) is 0. The van der Waals surface area contributed by atoms with Crippen LogP contribution in [0.3, 0.4) is 0 Å². The van der Waals surface area contributed by atoms with Gasteiger partial charge in [-0.1, -0.05) is 58.1 Å². The molecule has 0 aliphatic carbocycles. The third-order valence-electron chi connectivity index (χ3n) is 3.89. The second kappa shape index (κ2) is 7.42. The number of thioether (sulfide) groups is 1. The van der Waals surface area contributed by atoms with Gasteiger partial charge in [-0.3, -0.25) is 9.69 Å². The molecule has 1 aromatic heterocycles. The van der Waals surface area contributed by atoms with Crippen molar-refractivity contribution < 1.29 is 13.6 Å². The van der Waals surface area contributed by atoms with E-state index in [-0.39, 0.29) is 5.91 Å². The molecule has 1 aliphatic heterocycles. The minimum Gasteiger partial charge on any atom is -0.457 e. The van der Waals surface area contributed by atoms with Gasteiger partial charge in [-0.2, -0.15) is 0 Å². The third kappa shape index (κ3) is 3.76. The maximum absolute atomic E-state index is 13.5. The van der Waals surface area contributed by atoms with Crippen molar-refractivity contribution >= 4 is 61.9 Å². The highest BCUT2D eigenvalue weighted by molar-refractivity contribution is 9.10. The number of hydrogen-bond donors (Lipinski definition) is 0. The van der Waals surface area contributed by atoms with Crippen LogP contribution in [0.5, 0.6) is 0 Å². The summed E-state index contributed by atoms with van der Waals surface area (Å²) in [6.45, 7) is 0. The van der Waals surface area contributed by atoms with E-state index in [1.54, 1.807) is 24.3 Å². The van der Waals surface area contributed by atoms with Gasteiger partial charge in [0.15, 0.2) is 4.32 Å². The van der Waals surface area contributed by atoms with E-state index < -0.39 is 5.82 Å². The molecule has 27 heavy (non-hydrogen) atoms. The predicted octanol–water partition coefficient (Wildman–Crippen LogP) is 6.25. The molecule has 0 N–H and O–H groups in total. The van der Waals surface area contributed by atoms with Crippen molar-refractivity contribution in [3.05, 3.63) is 81.6 Å². The minimum atomic E-state index is -0.421. The molecule has 134 valence electrons. The summed E-state index contributed by atoms with van der Waals surface area (Å²) in [6.07, 6.45) is 1.65. The first-order valence-electron chi connectivity index (χ1n) is 7.90. The molecule has 2 heterocycles. The van der Waals surface area contributed by atoms with E-state index in [4.69, 9.17) is 16.6 Å². The Morgan fingerprint density at radius 3 is 2.63 bits per heavy atom. The highest BCUT2D eigenvalue weighted by Gasteiger charge is 2.33. The van der Waals surface area contributed by atoms with Gasteiger partial charge < -0.3 is 4.42 Å². The molecule has 3 nitrogen and oxygen atoms in total. The molecule has 0 atom stereocenters. The SMILES string of the molecule is O=C1C(=Cc2ccc(-c3ccc(Br)cc3)o2)SC(=S)N1c1cccc(F)c1. The number of thiocarbonyl (C=S) groups is 1. The van der Waals surface area contributed by atoms with Gasteiger partial charge in [-0.25, -0.2) is 4.39 Å². The summed E-state index contributed by atoms with van der Waals surface area (Å²) in [5.41, 5.74) is 1.35. The van der Waals surface area contributed by atoms with Gasteiger partial charge in [-0.05, 0) is 42.5 Å². The standard InChI is InChI=1S/C20H11BrFNO2S2/c21-13-6-4-12(5-7-13)17-9-8-16(25-17)11-18-19(24)23(20(26)27-18)15-3-1-2-14(22)10-15/h1-11H. The van der Waals surface area contributed by atoms with Crippen LogP contribution in [-0.4, -0.2) is 10.2 Å². The van der Waals surface area contributed by atoms with Gasteiger partial charge in [0.1, 0.15) is 17.3 Å². The van der Waals surface area contributed by atoms with Crippen LogP contribution in [0, 0.1) is 5.82 Å². The smallest absolute Gasteiger partial charge is 0.270 e. The zero-order valence-electron chi connectivity index (χ0n) is 13.7. The summed E-state index contributed by atoms with van der Waals surface area (Å²) >= 11 is 9.87. The van der Waals surface area contributed by atoms with Crippen LogP contribution in [0.25, 0.3) is 17.4 Å². The molecule has 0 unspecified atom stereocenters. The molecule has 1 aliphatic rings. The summed E-state index contributed by atoms with van der Waals surface area (Å²) in [6, 6.07) is 17.2. The number of amides is 1. The van der Waals surface area contributed by atoms with Crippen molar-refractivity contribution in [1.82, 2.24) is 0 Å². The van der Waals surface area contributed by atoms with Crippen LogP contribution >= 0.6 is 39.9 Å². The Labute approximate surface area is 173 Å². The van der Waals surface area contributed by atoms with Crippen LogP contribution in [0.2, 0.25) is 0 Å². The van der Waals surface area contributed by atoms with Crippen molar-refractivity contribution in [3.8, 4) is 11.3 Å². The van der Waals surface area contributed by atoms with Crippen LogP contribution < -0.4 is 4.90 Å². The Morgan fingerprint density at radius 1 is 1.11 bits per heavy atom. The molecule has 0 radical (unpaired) electrons. The molecule has 0 bridgehead atoms. The van der Waals surface area contributed by atoms with Gasteiger partial charge in [0, 0.05) is 16.1 Å². The van der Waals surface area contributed by atoms with Crippen LogP contribution in [-0.2, 0) is 4.79 Å². The maximum atomic E-state index is 13.5. The Balaban J connectivity index is 1.61. The predicted molar refractivity (Wildman–Crippen MR) is 114 cm³/mol. The number of hydrogen-bond acceptors (Lipinski definition) is 4.